The highest BCUT2D eigenvalue weighted by molar-refractivity contribution is 6.03. The third-order valence-corrected chi connectivity index (χ3v) is 5.06. The highest BCUT2D eigenvalue weighted by Gasteiger charge is 2.36. The monoisotopic (exact) mass is 413 g/mol. The van der Waals surface area contributed by atoms with Gasteiger partial charge in [0, 0.05) is 31.5 Å². The molecule has 1 aliphatic heterocycles. The molecule has 1 unspecified atom stereocenters. The maximum absolute atomic E-state index is 14.4. The summed E-state index contributed by atoms with van der Waals surface area (Å²) in [6.07, 6.45) is 0.292. The van der Waals surface area contributed by atoms with Crippen LogP contribution >= 0.6 is 0 Å². The molecule has 0 bridgehead atoms. The highest BCUT2D eigenvalue weighted by atomic mass is 19.1. The number of hydrogen-bond acceptors (Lipinski definition) is 5. The molecule has 1 atom stereocenters. The van der Waals surface area contributed by atoms with E-state index in [4.69, 9.17) is 9.47 Å². The van der Waals surface area contributed by atoms with Gasteiger partial charge in [0.1, 0.15) is 23.9 Å². The van der Waals surface area contributed by atoms with E-state index in [1.54, 1.807) is 50.6 Å². The van der Waals surface area contributed by atoms with E-state index in [1.807, 2.05) is 0 Å². The molecule has 3 rings (SSSR count). The second kappa shape index (κ2) is 8.94. The number of carbonyl (C=O) groups excluding carboxylic acids is 2. The van der Waals surface area contributed by atoms with Gasteiger partial charge in [-0.05, 0) is 24.3 Å². The van der Waals surface area contributed by atoms with E-state index >= 15 is 0 Å². The Morgan fingerprint density at radius 1 is 1.20 bits per heavy atom. The van der Waals surface area contributed by atoms with Gasteiger partial charge in [0.05, 0.1) is 26.0 Å². The smallest absolute Gasteiger partial charge is 0.262 e. The Morgan fingerprint density at radius 2 is 1.93 bits per heavy atom. The van der Waals surface area contributed by atoms with Gasteiger partial charge in [0.25, 0.3) is 5.91 Å². The van der Waals surface area contributed by atoms with E-state index in [2.05, 4.69) is 5.10 Å². The van der Waals surface area contributed by atoms with E-state index < -0.39 is 11.9 Å². The molecule has 2 aromatic carbocycles. The molecule has 2 aromatic rings. The number of carbonyl (C=O) groups is 2. The quantitative estimate of drug-likeness (QED) is 0.730. The van der Waals surface area contributed by atoms with E-state index in [0.29, 0.717) is 34.8 Å². The molecule has 158 valence electrons. The molecule has 7 nitrogen and oxygen atoms in total. The first-order valence-corrected chi connectivity index (χ1v) is 9.43. The van der Waals surface area contributed by atoms with Gasteiger partial charge in [-0.2, -0.15) is 5.10 Å². The lowest BCUT2D eigenvalue weighted by atomic mass is 9.97. The predicted molar refractivity (Wildman–Crippen MR) is 110 cm³/mol. The van der Waals surface area contributed by atoms with Crippen molar-refractivity contribution in [1.29, 1.82) is 0 Å². The number of hydrazone groups is 1. The summed E-state index contributed by atoms with van der Waals surface area (Å²) < 4.78 is 25.2. The Bertz CT molecular complexity index is 992. The largest absolute Gasteiger partial charge is 0.497 e. The van der Waals surface area contributed by atoms with Crippen LogP contribution in [0.1, 0.15) is 30.5 Å². The highest BCUT2D eigenvalue weighted by Crippen LogP contribution is 2.39. The number of methoxy groups -OCH3 is 2. The molecular formula is C22H24FN3O4. The van der Waals surface area contributed by atoms with Gasteiger partial charge in [-0.3, -0.25) is 9.59 Å². The van der Waals surface area contributed by atoms with Crippen molar-refractivity contribution in [2.24, 2.45) is 5.10 Å². The Labute approximate surface area is 174 Å². The number of nitrogens with zero attached hydrogens (tertiary/aromatic N) is 3. The minimum absolute atomic E-state index is 0.147. The lowest BCUT2D eigenvalue weighted by Gasteiger charge is -2.25. The fraction of sp³-hybridized carbons (Fsp3) is 0.318. The first-order chi connectivity index (χ1) is 14.3. The molecule has 2 amide bonds. The van der Waals surface area contributed by atoms with Gasteiger partial charge in [-0.1, -0.05) is 18.2 Å². The van der Waals surface area contributed by atoms with Crippen LogP contribution in [0.15, 0.2) is 47.6 Å². The summed E-state index contributed by atoms with van der Waals surface area (Å²) in [7, 11) is 4.62. The SMILES string of the molecule is COc1ccc(OC)c(C2CC(c3ccccc3F)=NN2C(=O)CN(C)C(C)=O)c1. The van der Waals surface area contributed by atoms with Crippen molar-refractivity contribution in [1.82, 2.24) is 9.91 Å². The van der Waals surface area contributed by atoms with E-state index in [9.17, 15) is 14.0 Å². The average Bonchev–Trinajstić information content (AvgIpc) is 3.18. The van der Waals surface area contributed by atoms with Crippen molar-refractivity contribution in [3.63, 3.8) is 0 Å². The van der Waals surface area contributed by atoms with Crippen molar-refractivity contribution >= 4 is 17.5 Å². The van der Waals surface area contributed by atoms with Gasteiger partial charge in [0.15, 0.2) is 0 Å². The second-order valence-corrected chi connectivity index (χ2v) is 6.97. The molecule has 1 aliphatic rings. The molecule has 1 heterocycles. The zero-order valence-electron chi connectivity index (χ0n) is 17.4. The lowest BCUT2D eigenvalue weighted by molar-refractivity contribution is -0.139. The molecular weight excluding hydrogens is 389 g/mol. The number of halogens is 1. The molecule has 0 aliphatic carbocycles. The average molecular weight is 413 g/mol. The first-order valence-electron chi connectivity index (χ1n) is 9.43. The fourth-order valence-electron chi connectivity index (χ4n) is 3.33. The normalized spacial score (nSPS) is 15.6. The summed E-state index contributed by atoms with van der Waals surface area (Å²) >= 11 is 0. The zero-order chi connectivity index (χ0) is 21.8. The molecule has 30 heavy (non-hydrogen) atoms. The van der Waals surface area contributed by atoms with Crippen LogP contribution in [0.25, 0.3) is 0 Å². The van der Waals surface area contributed by atoms with Gasteiger partial charge >= 0.3 is 0 Å². The molecule has 8 heteroatoms. The Kier molecular flexibility index (Phi) is 6.34. The zero-order valence-corrected chi connectivity index (χ0v) is 17.4. The van der Waals surface area contributed by atoms with Crippen LogP contribution in [-0.4, -0.2) is 55.2 Å². The topological polar surface area (TPSA) is 71.4 Å². The summed E-state index contributed by atoms with van der Waals surface area (Å²) in [6.45, 7) is 1.24. The Hall–Kier alpha value is -3.42. The van der Waals surface area contributed by atoms with Crippen LogP contribution in [0.3, 0.4) is 0 Å². The van der Waals surface area contributed by atoms with Crippen LogP contribution in [0.5, 0.6) is 11.5 Å². The number of likely N-dealkylation sites (N-methyl/N-ethyl adjacent to an activating group) is 1. The van der Waals surface area contributed by atoms with E-state index in [-0.39, 0.29) is 18.4 Å². The lowest BCUT2D eigenvalue weighted by Crippen LogP contribution is -2.38. The maximum Gasteiger partial charge on any atom is 0.262 e. The summed E-state index contributed by atoms with van der Waals surface area (Å²) in [6, 6.07) is 11.1. The summed E-state index contributed by atoms with van der Waals surface area (Å²) in [5.74, 6) is 0.120. The number of rotatable bonds is 6. The second-order valence-electron chi connectivity index (χ2n) is 6.97. The van der Waals surface area contributed by atoms with Crippen molar-refractivity contribution in [3.8, 4) is 11.5 Å². The van der Waals surface area contributed by atoms with E-state index in [1.165, 1.54) is 30.0 Å². The number of ether oxygens (including phenoxy) is 2. The maximum atomic E-state index is 14.4. The standard InChI is InChI=1S/C22H24FN3O4/c1-14(27)25(2)13-22(28)26-20(17-11-15(29-3)9-10-21(17)30-4)12-19(24-26)16-7-5-6-8-18(16)23/h5-11,20H,12-13H2,1-4H3. The van der Waals surface area contributed by atoms with Crippen LogP contribution in [-0.2, 0) is 9.59 Å². The van der Waals surface area contributed by atoms with Crippen LogP contribution in [0.4, 0.5) is 4.39 Å². The van der Waals surface area contributed by atoms with Crippen molar-refractivity contribution in [3.05, 3.63) is 59.4 Å². The molecule has 0 fully saturated rings. The molecule has 0 aromatic heterocycles. The fourth-order valence-corrected chi connectivity index (χ4v) is 3.33. The summed E-state index contributed by atoms with van der Waals surface area (Å²) in [4.78, 5) is 25.9. The van der Waals surface area contributed by atoms with Crippen LogP contribution < -0.4 is 9.47 Å². The molecule has 0 spiro atoms. The van der Waals surface area contributed by atoms with Crippen LogP contribution in [0.2, 0.25) is 0 Å². The number of amides is 2. The minimum atomic E-state index is -0.530. The predicted octanol–water partition coefficient (Wildman–Crippen LogP) is 3.00. The first kappa shape index (κ1) is 21.3. The van der Waals surface area contributed by atoms with Gasteiger partial charge in [-0.25, -0.2) is 9.40 Å². The van der Waals surface area contributed by atoms with Crippen LogP contribution in [0, 0.1) is 5.82 Å². The third kappa shape index (κ3) is 4.27. The minimum Gasteiger partial charge on any atom is -0.497 e. The summed E-state index contributed by atoms with van der Waals surface area (Å²) in [5.41, 5.74) is 1.46. The van der Waals surface area contributed by atoms with Crippen molar-refractivity contribution in [2.45, 2.75) is 19.4 Å². The third-order valence-electron chi connectivity index (χ3n) is 5.06. The van der Waals surface area contributed by atoms with Gasteiger partial charge in [-0.15, -0.1) is 0 Å². The molecule has 0 saturated carbocycles. The number of benzene rings is 2. The van der Waals surface area contributed by atoms with Crippen molar-refractivity contribution in [2.75, 3.05) is 27.8 Å². The Morgan fingerprint density at radius 3 is 2.57 bits per heavy atom. The number of hydrogen-bond donors (Lipinski definition) is 0. The molecule has 0 saturated heterocycles. The molecule has 0 N–H and O–H groups in total. The van der Waals surface area contributed by atoms with Gasteiger partial charge < -0.3 is 14.4 Å². The Balaban J connectivity index is 2.04. The van der Waals surface area contributed by atoms with Gasteiger partial charge in [0.2, 0.25) is 5.91 Å². The van der Waals surface area contributed by atoms with Crippen molar-refractivity contribution < 1.29 is 23.5 Å². The molecule has 0 radical (unpaired) electrons. The summed E-state index contributed by atoms with van der Waals surface area (Å²) in [5, 5.41) is 5.75. The van der Waals surface area contributed by atoms with E-state index in [0.717, 1.165) is 0 Å².